The van der Waals surface area contributed by atoms with Crippen molar-refractivity contribution in [3.8, 4) is 0 Å². The maximum Gasteiger partial charge on any atom is 0.371 e. The molecule has 2 rings (SSSR count). The van der Waals surface area contributed by atoms with E-state index >= 15 is 0 Å². The van der Waals surface area contributed by atoms with Crippen molar-refractivity contribution in [3.05, 3.63) is 23.7 Å². The summed E-state index contributed by atoms with van der Waals surface area (Å²) < 4.78 is 4.95. The predicted octanol–water partition coefficient (Wildman–Crippen LogP) is 0.282. The Hall–Kier alpha value is -2.31. The van der Waals surface area contributed by atoms with Gasteiger partial charge in [-0.25, -0.2) is 4.79 Å². The molecule has 19 heavy (non-hydrogen) atoms. The quantitative estimate of drug-likeness (QED) is 0.830. The summed E-state index contributed by atoms with van der Waals surface area (Å²) in [7, 11) is 1.69. The third-order valence-corrected chi connectivity index (χ3v) is 2.99. The van der Waals surface area contributed by atoms with Gasteiger partial charge in [0.2, 0.25) is 11.7 Å². The molecule has 0 atom stereocenters. The lowest BCUT2D eigenvalue weighted by molar-refractivity contribution is -0.129. The molecule has 7 nitrogen and oxygen atoms in total. The fourth-order valence-electron chi connectivity index (χ4n) is 1.88. The Morgan fingerprint density at radius 3 is 2.58 bits per heavy atom. The molecule has 1 saturated heterocycles. The molecule has 2 heterocycles. The SMILES string of the molecule is CN1CCCN(C(=O)c2ccc(C(=O)O)o2)CC1=O. The minimum Gasteiger partial charge on any atom is -0.475 e. The minimum absolute atomic E-state index is 0.0154. The number of furan rings is 1. The van der Waals surface area contributed by atoms with E-state index in [-0.39, 0.29) is 24.0 Å². The first kappa shape index (κ1) is 13.1. The van der Waals surface area contributed by atoms with E-state index in [1.807, 2.05) is 0 Å². The zero-order valence-corrected chi connectivity index (χ0v) is 10.5. The highest BCUT2D eigenvalue weighted by Gasteiger charge is 2.26. The van der Waals surface area contributed by atoms with E-state index in [1.165, 1.54) is 17.0 Å². The molecule has 2 amide bonds. The van der Waals surface area contributed by atoms with Gasteiger partial charge in [0.25, 0.3) is 5.91 Å². The van der Waals surface area contributed by atoms with Crippen LogP contribution in [0, 0.1) is 0 Å². The third kappa shape index (κ3) is 2.75. The summed E-state index contributed by atoms with van der Waals surface area (Å²) >= 11 is 0. The van der Waals surface area contributed by atoms with Crippen LogP contribution in [0.15, 0.2) is 16.5 Å². The Morgan fingerprint density at radius 2 is 1.95 bits per heavy atom. The molecule has 7 heteroatoms. The van der Waals surface area contributed by atoms with Gasteiger partial charge in [0.05, 0.1) is 0 Å². The number of aromatic carboxylic acids is 1. The first-order valence-electron chi connectivity index (χ1n) is 5.85. The van der Waals surface area contributed by atoms with Crippen LogP contribution < -0.4 is 0 Å². The van der Waals surface area contributed by atoms with Crippen LogP contribution in [0.5, 0.6) is 0 Å². The summed E-state index contributed by atoms with van der Waals surface area (Å²) in [5.74, 6) is -2.19. The molecule has 0 aromatic carbocycles. The van der Waals surface area contributed by atoms with Gasteiger partial charge in [-0.3, -0.25) is 9.59 Å². The largest absolute Gasteiger partial charge is 0.475 e. The second kappa shape index (κ2) is 5.13. The lowest BCUT2D eigenvalue weighted by atomic mass is 10.3. The van der Waals surface area contributed by atoms with E-state index in [2.05, 4.69) is 0 Å². The van der Waals surface area contributed by atoms with E-state index in [1.54, 1.807) is 11.9 Å². The molecule has 0 radical (unpaired) electrons. The summed E-state index contributed by atoms with van der Waals surface area (Å²) in [6.45, 7) is 1.03. The standard InChI is InChI=1S/C12H14N2O5/c1-13-5-2-6-14(7-10(13)15)11(16)8-3-4-9(19-8)12(17)18/h3-4H,2,5-7H2,1H3,(H,17,18). The van der Waals surface area contributed by atoms with Gasteiger partial charge in [-0.1, -0.05) is 0 Å². The van der Waals surface area contributed by atoms with Crippen LogP contribution in [0.2, 0.25) is 0 Å². The highest BCUT2D eigenvalue weighted by atomic mass is 16.4. The molecule has 0 bridgehead atoms. The minimum atomic E-state index is -1.23. The second-order valence-corrected chi connectivity index (χ2v) is 4.36. The Balaban J connectivity index is 2.14. The zero-order chi connectivity index (χ0) is 14.0. The normalized spacial score (nSPS) is 16.4. The Labute approximate surface area is 109 Å². The molecule has 102 valence electrons. The fourth-order valence-corrected chi connectivity index (χ4v) is 1.88. The van der Waals surface area contributed by atoms with Crippen molar-refractivity contribution < 1.29 is 23.9 Å². The molecule has 1 N–H and O–H groups in total. The van der Waals surface area contributed by atoms with Gasteiger partial charge in [-0.2, -0.15) is 0 Å². The van der Waals surface area contributed by atoms with Gasteiger partial charge in [0, 0.05) is 20.1 Å². The van der Waals surface area contributed by atoms with Gasteiger partial charge in [0.15, 0.2) is 5.76 Å². The average molecular weight is 266 g/mol. The molecule has 0 aliphatic carbocycles. The van der Waals surface area contributed by atoms with Crippen LogP contribution in [-0.2, 0) is 4.79 Å². The molecular formula is C12H14N2O5. The van der Waals surface area contributed by atoms with Gasteiger partial charge >= 0.3 is 5.97 Å². The number of carbonyl (C=O) groups excluding carboxylic acids is 2. The molecule has 1 aromatic heterocycles. The summed E-state index contributed by atoms with van der Waals surface area (Å²) in [6.07, 6.45) is 0.681. The average Bonchev–Trinajstić information content (AvgIpc) is 2.79. The van der Waals surface area contributed by atoms with Gasteiger partial charge in [0.1, 0.15) is 6.54 Å². The van der Waals surface area contributed by atoms with E-state index in [0.29, 0.717) is 19.5 Å². The van der Waals surface area contributed by atoms with Crippen LogP contribution >= 0.6 is 0 Å². The topological polar surface area (TPSA) is 91.1 Å². The lowest BCUT2D eigenvalue weighted by Crippen LogP contribution is -2.37. The maximum atomic E-state index is 12.1. The van der Waals surface area contributed by atoms with Crippen molar-refractivity contribution in [1.29, 1.82) is 0 Å². The highest BCUT2D eigenvalue weighted by Crippen LogP contribution is 2.13. The number of carboxylic acids is 1. The van der Waals surface area contributed by atoms with Gasteiger partial charge in [-0.15, -0.1) is 0 Å². The van der Waals surface area contributed by atoms with Gasteiger partial charge < -0.3 is 19.3 Å². The zero-order valence-electron chi connectivity index (χ0n) is 10.5. The van der Waals surface area contributed by atoms with Crippen LogP contribution in [0.3, 0.4) is 0 Å². The summed E-state index contributed by atoms with van der Waals surface area (Å²) in [5.41, 5.74) is 0. The van der Waals surface area contributed by atoms with E-state index in [4.69, 9.17) is 9.52 Å². The smallest absolute Gasteiger partial charge is 0.371 e. The van der Waals surface area contributed by atoms with E-state index in [0.717, 1.165) is 0 Å². The van der Waals surface area contributed by atoms with Crippen LogP contribution in [0.1, 0.15) is 27.5 Å². The summed E-state index contributed by atoms with van der Waals surface area (Å²) in [6, 6.07) is 2.53. The van der Waals surface area contributed by atoms with Crippen LogP contribution in [0.4, 0.5) is 0 Å². The number of amides is 2. The second-order valence-electron chi connectivity index (χ2n) is 4.36. The van der Waals surface area contributed by atoms with Crippen molar-refractivity contribution in [2.24, 2.45) is 0 Å². The molecule has 1 aliphatic heterocycles. The number of carboxylic acid groups (broad SMARTS) is 1. The summed E-state index contributed by atoms with van der Waals surface area (Å²) in [4.78, 5) is 37.4. The van der Waals surface area contributed by atoms with Crippen LogP contribution in [-0.4, -0.2) is 59.4 Å². The molecule has 0 saturated carbocycles. The predicted molar refractivity (Wildman–Crippen MR) is 63.8 cm³/mol. The van der Waals surface area contributed by atoms with Crippen molar-refractivity contribution in [3.63, 3.8) is 0 Å². The molecule has 0 unspecified atom stereocenters. The summed E-state index contributed by atoms with van der Waals surface area (Å²) in [5, 5.41) is 8.73. The molecule has 1 aliphatic rings. The lowest BCUT2D eigenvalue weighted by Gasteiger charge is -2.18. The molecule has 1 fully saturated rings. The number of hydrogen-bond donors (Lipinski definition) is 1. The monoisotopic (exact) mass is 266 g/mol. The molecule has 1 aromatic rings. The number of rotatable bonds is 2. The van der Waals surface area contributed by atoms with Crippen molar-refractivity contribution >= 4 is 17.8 Å². The van der Waals surface area contributed by atoms with Crippen molar-refractivity contribution in [2.45, 2.75) is 6.42 Å². The molecular weight excluding hydrogens is 252 g/mol. The fraction of sp³-hybridized carbons (Fsp3) is 0.417. The number of carbonyl (C=O) groups is 3. The maximum absolute atomic E-state index is 12.1. The first-order valence-corrected chi connectivity index (χ1v) is 5.85. The number of hydrogen-bond acceptors (Lipinski definition) is 4. The third-order valence-electron chi connectivity index (χ3n) is 2.99. The number of nitrogens with zero attached hydrogens (tertiary/aromatic N) is 2. The Kier molecular flexibility index (Phi) is 3.55. The Morgan fingerprint density at radius 1 is 1.26 bits per heavy atom. The van der Waals surface area contributed by atoms with E-state index in [9.17, 15) is 14.4 Å². The first-order chi connectivity index (χ1) is 8.99. The van der Waals surface area contributed by atoms with Gasteiger partial charge in [-0.05, 0) is 18.6 Å². The molecule has 0 spiro atoms. The van der Waals surface area contributed by atoms with E-state index < -0.39 is 11.9 Å². The van der Waals surface area contributed by atoms with Crippen molar-refractivity contribution in [1.82, 2.24) is 9.80 Å². The van der Waals surface area contributed by atoms with Crippen LogP contribution in [0.25, 0.3) is 0 Å². The number of likely N-dealkylation sites (N-methyl/N-ethyl adjacent to an activating group) is 1. The highest BCUT2D eigenvalue weighted by molar-refractivity contribution is 5.95. The van der Waals surface area contributed by atoms with Crippen molar-refractivity contribution in [2.75, 3.05) is 26.7 Å². The Bertz CT molecular complexity index is 522.